The van der Waals surface area contributed by atoms with Crippen LogP contribution in [0.25, 0.3) is 10.1 Å². The highest BCUT2D eigenvalue weighted by Gasteiger charge is 2.26. The molecule has 4 aromatic rings. The van der Waals surface area contributed by atoms with Crippen molar-refractivity contribution >= 4 is 61.9 Å². The second kappa shape index (κ2) is 7.51. The number of hydrogen-bond acceptors (Lipinski definition) is 2. The molecule has 1 aromatic heterocycles. The molecule has 2 nitrogen and oxygen atoms in total. The summed E-state index contributed by atoms with van der Waals surface area (Å²) in [5, 5.41) is 1.58. The summed E-state index contributed by atoms with van der Waals surface area (Å²) >= 11 is 13.7. The van der Waals surface area contributed by atoms with Gasteiger partial charge in [-0.15, -0.1) is 11.3 Å². The van der Waals surface area contributed by atoms with Crippen LogP contribution in [0.4, 0.5) is 20.2 Å². The molecule has 0 N–H and O–H groups in total. The van der Waals surface area contributed by atoms with Crippen molar-refractivity contribution in [3.63, 3.8) is 0 Å². The number of carbonyl (C=O) groups is 1. The number of anilines is 2. The Kier molecular flexibility index (Phi) is 5.06. The first kappa shape index (κ1) is 18.9. The lowest BCUT2D eigenvalue weighted by Crippen LogP contribution is -2.25. The van der Waals surface area contributed by atoms with Gasteiger partial charge in [0.05, 0.1) is 10.7 Å². The van der Waals surface area contributed by atoms with Crippen molar-refractivity contribution in [2.75, 3.05) is 4.90 Å². The second-order valence-corrected chi connectivity index (χ2v) is 7.82. The zero-order chi connectivity index (χ0) is 19.8. The lowest BCUT2D eigenvalue weighted by Gasteiger charge is -2.23. The second-order valence-electron chi connectivity index (χ2n) is 5.96. The number of carbonyl (C=O) groups excluding carboxylic acids is 1. The Balaban J connectivity index is 1.88. The van der Waals surface area contributed by atoms with Crippen LogP contribution in [0.1, 0.15) is 9.67 Å². The fourth-order valence-corrected chi connectivity index (χ4v) is 4.42. The summed E-state index contributed by atoms with van der Waals surface area (Å²) in [5.74, 6) is -2.49. The Hall–Kier alpha value is -2.47. The van der Waals surface area contributed by atoms with E-state index in [9.17, 15) is 13.6 Å². The van der Waals surface area contributed by atoms with Crippen molar-refractivity contribution in [3.8, 4) is 0 Å². The molecule has 0 atom stereocenters. The van der Waals surface area contributed by atoms with Gasteiger partial charge in [-0.3, -0.25) is 9.69 Å². The molecule has 1 amide bonds. The van der Waals surface area contributed by atoms with Crippen LogP contribution in [-0.2, 0) is 0 Å². The Morgan fingerprint density at radius 1 is 0.857 bits per heavy atom. The molecule has 28 heavy (non-hydrogen) atoms. The minimum Gasteiger partial charge on any atom is -0.276 e. The molecular weight excluding hydrogens is 423 g/mol. The van der Waals surface area contributed by atoms with Gasteiger partial charge < -0.3 is 0 Å². The summed E-state index contributed by atoms with van der Waals surface area (Å²) in [6, 6.07) is 17.2. The molecular formula is C21H11Cl2F2NOS. The largest absolute Gasteiger partial charge is 0.276 e. The molecule has 7 heteroatoms. The van der Waals surface area contributed by atoms with Gasteiger partial charge in [-0.2, -0.15) is 0 Å². The average Bonchev–Trinajstić information content (AvgIpc) is 3.03. The molecule has 140 valence electrons. The van der Waals surface area contributed by atoms with E-state index < -0.39 is 17.5 Å². The monoisotopic (exact) mass is 433 g/mol. The van der Waals surface area contributed by atoms with Gasteiger partial charge in [-0.05, 0) is 42.5 Å². The molecule has 0 unspecified atom stereocenters. The van der Waals surface area contributed by atoms with Crippen molar-refractivity contribution in [1.82, 2.24) is 0 Å². The number of halogens is 4. The van der Waals surface area contributed by atoms with Gasteiger partial charge in [0, 0.05) is 26.9 Å². The fourth-order valence-electron chi connectivity index (χ4n) is 2.85. The highest BCUT2D eigenvalue weighted by atomic mass is 35.5. The van der Waals surface area contributed by atoms with Crippen molar-refractivity contribution < 1.29 is 13.6 Å². The molecule has 0 fully saturated rings. The van der Waals surface area contributed by atoms with E-state index in [2.05, 4.69) is 0 Å². The van der Waals surface area contributed by atoms with E-state index in [1.165, 1.54) is 22.3 Å². The smallest absolute Gasteiger partial charge is 0.274 e. The van der Waals surface area contributed by atoms with Gasteiger partial charge >= 0.3 is 0 Å². The average molecular weight is 434 g/mol. The van der Waals surface area contributed by atoms with Crippen LogP contribution >= 0.6 is 34.5 Å². The van der Waals surface area contributed by atoms with Crippen molar-refractivity contribution in [2.45, 2.75) is 0 Å². The Labute approximate surface area is 173 Å². The number of thiophene rings is 1. The normalized spacial score (nSPS) is 11.0. The quantitative estimate of drug-likeness (QED) is 0.328. The number of benzene rings is 3. The molecule has 0 aliphatic heterocycles. The van der Waals surface area contributed by atoms with E-state index in [4.69, 9.17) is 23.2 Å². The predicted octanol–water partition coefficient (Wildman–Crippen LogP) is 7.46. The zero-order valence-corrected chi connectivity index (χ0v) is 16.5. The maximum absolute atomic E-state index is 13.9. The molecule has 0 saturated heterocycles. The van der Waals surface area contributed by atoms with E-state index in [1.54, 1.807) is 24.3 Å². The van der Waals surface area contributed by atoms with Gasteiger partial charge in [-0.1, -0.05) is 41.4 Å². The minimum absolute atomic E-state index is 0.180. The standard InChI is InChI=1S/C21H11Cl2F2NOS/c22-12-5-7-13(8-6-12)26(14-9-10-16(24)17(25)11-14)21(27)20-19(23)15-3-1-2-4-18(15)28-20/h1-11H. The minimum atomic E-state index is -1.05. The maximum Gasteiger partial charge on any atom is 0.274 e. The molecule has 1 heterocycles. The number of fused-ring (bicyclic) bond motifs is 1. The molecule has 3 aromatic carbocycles. The number of amides is 1. The third kappa shape index (κ3) is 3.37. The lowest BCUT2D eigenvalue weighted by atomic mass is 10.2. The molecule has 0 bridgehead atoms. The van der Waals surface area contributed by atoms with E-state index in [1.807, 2.05) is 24.3 Å². The highest BCUT2D eigenvalue weighted by Crippen LogP contribution is 2.38. The Morgan fingerprint density at radius 3 is 2.21 bits per heavy atom. The van der Waals surface area contributed by atoms with Crippen LogP contribution in [0.5, 0.6) is 0 Å². The summed E-state index contributed by atoms with van der Waals surface area (Å²) in [7, 11) is 0. The fraction of sp³-hybridized carbons (Fsp3) is 0. The number of nitrogens with zero attached hydrogens (tertiary/aromatic N) is 1. The van der Waals surface area contributed by atoms with Gasteiger partial charge in [0.1, 0.15) is 4.88 Å². The van der Waals surface area contributed by atoms with Crippen molar-refractivity contribution in [2.24, 2.45) is 0 Å². The molecule has 0 spiro atoms. The van der Waals surface area contributed by atoms with Crippen LogP contribution in [0.2, 0.25) is 10.0 Å². The van der Waals surface area contributed by atoms with Crippen LogP contribution in [0.3, 0.4) is 0 Å². The summed E-state index contributed by atoms with van der Waals surface area (Å²) in [4.78, 5) is 15.0. The van der Waals surface area contributed by atoms with E-state index in [0.29, 0.717) is 20.6 Å². The SMILES string of the molecule is O=C(c1sc2ccccc2c1Cl)N(c1ccc(Cl)cc1)c1ccc(F)c(F)c1. The summed E-state index contributed by atoms with van der Waals surface area (Å²) in [6.45, 7) is 0. The van der Waals surface area contributed by atoms with Crippen molar-refractivity contribution in [3.05, 3.63) is 93.3 Å². The predicted molar refractivity (Wildman–Crippen MR) is 111 cm³/mol. The summed E-state index contributed by atoms with van der Waals surface area (Å²) in [5.41, 5.74) is 0.633. The first-order valence-corrected chi connectivity index (χ1v) is 9.75. The molecule has 0 saturated carbocycles. The van der Waals surface area contributed by atoms with Gasteiger partial charge in [-0.25, -0.2) is 8.78 Å². The molecule has 0 aliphatic rings. The van der Waals surface area contributed by atoms with Crippen LogP contribution in [-0.4, -0.2) is 5.91 Å². The van der Waals surface area contributed by atoms with E-state index in [0.717, 1.165) is 22.2 Å². The van der Waals surface area contributed by atoms with Crippen molar-refractivity contribution in [1.29, 1.82) is 0 Å². The lowest BCUT2D eigenvalue weighted by molar-refractivity contribution is 0.100. The molecule has 4 rings (SSSR count). The van der Waals surface area contributed by atoms with Gasteiger partial charge in [0.25, 0.3) is 5.91 Å². The maximum atomic E-state index is 13.9. The zero-order valence-electron chi connectivity index (χ0n) is 14.1. The Morgan fingerprint density at radius 2 is 1.54 bits per heavy atom. The van der Waals surface area contributed by atoms with Crippen LogP contribution in [0, 0.1) is 11.6 Å². The highest BCUT2D eigenvalue weighted by molar-refractivity contribution is 7.21. The Bertz CT molecular complexity index is 1190. The third-order valence-electron chi connectivity index (χ3n) is 4.18. The van der Waals surface area contributed by atoms with E-state index >= 15 is 0 Å². The van der Waals surface area contributed by atoms with Crippen LogP contribution < -0.4 is 4.90 Å². The van der Waals surface area contributed by atoms with Gasteiger partial charge in [0.15, 0.2) is 11.6 Å². The summed E-state index contributed by atoms with van der Waals surface area (Å²) in [6.07, 6.45) is 0. The molecule has 0 aliphatic carbocycles. The number of hydrogen-bond donors (Lipinski definition) is 0. The summed E-state index contributed by atoms with van der Waals surface area (Å²) < 4.78 is 28.2. The first-order valence-electron chi connectivity index (χ1n) is 8.18. The van der Waals surface area contributed by atoms with E-state index in [-0.39, 0.29) is 5.69 Å². The molecule has 0 radical (unpaired) electrons. The third-order valence-corrected chi connectivity index (χ3v) is 6.09. The number of rotatable bonds is 3. The first-order chi connectivity index (χ1) is 13.5. The topological polar surface area (TPSA) is 20.3 Å². The van der Waals surface area contributed by atoms with Crippen LogP contribution in [0.15, 0.2) is 66.7 Å². The van der Waals surface area contributed by atoms with Gasteiger partial charge in [0.2, 0.25) is 0 Å².